The van der Waals surface area contributed by atoms with Gasteiger partial charge in [-0.3, -0.25) is 9.59 Å². The summed E-state index contributed by atoms with van der Waals surface area (Å²) in [7, 11) is 0. The molecule has 0 aliphatic carbocycles. The number of anilines is 1. The number of unbranched alkanes of at least 4 members (excludes halogenated alkanes) is 1. The lowest BCUT2D eigenvalue weighted by Crippen LogP contribution is -2.35. The number of hydrogen-bond acceptors (Lipinski definition) is 3. The molecule has 2 aromatic rings. The Labute approximate surface area is 164 Å². The molecule has 1 N–H and O–H groups in total. The summed E-state index contributed by atoms with van der Waals surface area (Å²) in [6, 6.07) is 13.1. The van der Waals surface area contributed by atoms with Crippen molar-refractivity contribution in [2.24, 2.45) is 0 Å². The first-order valence-electron chi connectivity index (χ1n) is 9.70. The Balaban J connectivity index is 1.36. The normalized spacial score (nSPS) is 14.0. The van der Waals surface area contributed by atoms with Crippen molar-refractivity contribution in [3.63, 3.8) is 0 Å². The summed E-state index contributed by atoms with van der Waals surface area (Å²) in [6.07, 6.45) is 4.12. The van der Waals surface area contributed by atoms with Crippen LogP contribution in [0.15, 0.2) is 48.5 Å². The molecule has 1 aliphatic rings. The summed E-state index contributed by atoms with van der Waals surface area (Å²) in [5.41, 5.74) is 1.43. The molecule has 0 atom stereocenters. The minimum Gasteiger partial charge on any atom is -0.494 e. The molecular weight excluding hydrogens is 359 g/mol. The third kappa shape index (κ3) is 5.55. The Morgan fingerprint density at radius 3 is 2.50 bits per heavy atom. The minimum atomic E-state index is -0.286. The van der Waals surface area contributed by atoms with Gasteiger partial charge in [-0.2, -0.15) is 0 Å². The first-order chi connectivity index (χ1) is 13.6. The lowest BCUT2D eigenvalue weighted by molar-refractivity contribution is -0.119. The number of carbonyl (C=O) groups excluding carboxylic acids is 2. The summed E-state index contributed by atoms with van der Waals surface area (Å²) in [6.45, 7) is 1.81. The second-order valence-corrected chi connectivity index (χ2v) is 6.81. The maximum absolute atomic E-state index is 12.8. The van der Waals surface area contributed by atoms with Crippen LogP contribution in [0.2, 0.25) is 0 Å². The largest absolute Gasteiger partial charge is 0.494 e. The molecule has 0 spiro atoms. The van der Waals surface area contributed by atoms with E-state index in [1.54, 1.807) is 29.2 Å². The van der Waals surface area contributed by atoms with Gasteiger partial charge < -0.3 is 15.0 Å². The van der Waals surface area contributed by atoms with E-state index in [9.17, 15) is 14.0 Å². The number of carbonyl (C=O) groups is 2. The van der Waals surface area contributed by atoms with Gasteiger partial charge in [0.15, 0.2) is 0 Å². The van der Waals surface area contributed by atoms with E-state index in [0.29, 0.717) is 30.9 Å². The topological polar surface area (TPSA) is 58.6 Å². The van der Waals surface area contributed by atoms with Gasteiger partial charge in [-0.25, -0.2) is 4.39 Å². The highest BCUT2D eigenvalue weighted by Crippen LogP contribution is 2.21. The van der Waals surface area contributed by atoms with Crippen LogP contribution in [0, 0.1) is 5.82 Å². The van der Waals surface area contributed by atoms with Crippen molar-refractivity contribution < 1.29 is 18.7 Å². The Morgan fingerprint density at radius 1 is 1.04 bits per heavy atom. The lowest BCUT2D eigenvalue weighted by atomic mass is 10.1. The Morgan fingerprint density at radius 2 is 1.79 bits per heavy atom. The molecule has 5 nitrogen and oxygen atoms in total. The summed E-state index contributed by atoms with van der Waals surface area (Å²) >= 11 is 0. The van der Waals surface area contributed by atoms with E-state index < -0.39 is 0 Å². The second kappa shape index (κ2) is 9.88. The predicted molar refractivity (Wildman–Crippen MR) is 106 cm³/mol. The Bertz CT molecular complexity index is 790. The van der Waals surface area contributed by atoms with E-state index in [4.69, 9.17) is 4.74 Å². The number of hydrogen-bond donors (Lipinski definition) is 1. The minimum absolute atomic E-state index is 0.129. The van der Waals surface area contributed by atoms with Crippen molar-refractivity contribution >= 4 is 17.5 Å². The highest BCUT2D eigenvalue weighted by molar-refractivity contribution is 5.96. The molecule has 1 heterocycles. The van der Waals surface area contributed by atoms with Gasteiger partial charge in [0.25, 0.3) is 5.91 Å². The molecule has 2 aromatic carbocycles. The first-order valence-corrected chi connectivity index (χ1v) is 9.70. The highest BCUT2D eigenvalue weighted by Gasteiger charge is 2.19. The number of ether oxygens (including phenoxy) is 1. The number of halogens is 1. The molecule has 1 fully saturated rings. The Kier molecular flexibility index (Phi) is 7.00. The highest BCUT2D eigenvalue weighted by atomic mass is 19.1. The molecule has 1 aliphatic heterocycles. The van der Waals surface area contributed by atoms with Crippen LogP contribution in [0.1, 0.15) is 42.5 Å². The number of amides is 2. The van der Waals surface area contributed by atoms with Gasteiger partial charge in [0, 0.05) is 30.8 Å². The van der Waals surface area contributed by atoms with Gasteiger partial charge >= 0.3 is 0 Å². The third-order valence-electron chi connectivity index (χ3n) is 4.70. The number of benzene rings is 2. The molecule has 3 rings (SSSR count). The van der Waals surface area contributed by atoms with Crippen LogP contribution in [0.25, 0.3) is 0 Å². The van der Waals surface area contributed by atoms with E-state index in [1.165, 1.54) is 12.1 Å². The SMILES string of the molecule is O=C(NCCCCOc1ccc(F)cc1)c1ccc(N2CCCCC2=O)cc1. The predicted octanol–water partition coefficient (Wildman–Crippen LogP) is 3.93. The number of rotatable bonds is 8. The summed E-state index contributed by atoms with van der Waals surface area (Å²) in [5.74, 6) is 0.366. The number of nitrogens with one attached hydrogen (secondary N) is 1. The molecule has 148 valence electrons. The van der Waals surface area contributed by atoms with Gasteiger partial charge in [0.2, 0.25) is 5.91 Å². The van der Waals surface area contributed by atoms with Crippen molar-refractivity contribution in [3.05, 3.63) is 59.9 Å². The van der Waals surface area contributed by atoms with Crippen LogP contribution in [0.5, 0.6) is 5.75 Å². The molecule has 0 bridgehead atoms. The van der Waals surface area contributed by atoms with E-state index in [0.717, 1.165) is 37.9 Å². The van der Waals surface area contributed by atoms with Crippen molar-refractivity contribution in [2.75, 3.05) is 24.6 Å². The molecule has 28 heavy (non-hydrogen) atoms. The van der Waals surface area contributed by atoms with Gasteiger partial charge in [-0.15, -0.1) is 0 Å². The zero-order chi connectivity index (χ0) is 19.8. The van der Waals surface area contributed by atoms with E-state index in [1.807, 2.05) is 12.1 Å². The lowest BCUT2D eigenvalue weighted by Gasteiger charge is -2.26. The third-order valence-corrected chi connectivity index (χ3v) is 4.70. The van der Waals surface area contributed by atoms with E-state index >= 15 is 0 Å². The van der Waals surface area contributed by atoms with Crippen LogP contribution < -0.4 is 15.0 Å². The van der Waals surface area contributed by atoms with Crippen LogP contribution in [-0.4, -0.2) is 31.5 Å². The second-order valence-electron chi connectivity index (χ2n) is 6.81. The molecule has 0 unspecified atom stereocenters. The van der Waals surface area contributed by atoms with Crippen molar-refractivity contribution in [1.82, 2.24) is 5.32 Å². The maximum atomic E-state index is 12.8. The molecule has 6 heteroatoms. The molecule has 2 amide bonds. The zero-order valence-electron chi connectivity index (χ0n) is 15.8. The van der Waals surface area contributed by atoms with Crippen LogP contribution in [0.4, 0.5) is 10.1 Å². The smallest absolute Gasteiger partial charge is 0.251 e. The fourth-order valence-corrected chi connectivity index (χ4v) is 3.12. The van der Waals surface area contributed by atoms with E-state index in [2.05, 4.69) is 5.32 Å². The molecule has 0 aromatic heterocycles. The van der Waals surface area contributed by atoms with Gasteiger partial charge in [0.05, 0.1) is 6.61 Å². The average molecular weight is 384 g/mol. The maximum Gasteiger partial charge on any atom is 0.251 e. The average Bonchev–Trinajstić information content (AvgIpc) is 2.72. The van der Waals surface area contributed by atoms with E-state index in [-0.39, 0.29) is 17.6 Å². The summed E-state index contributed by atoms with van der Waals surface area (Å²) in [5, 5.41) is 2.89. The molecule has 0 saturated carbocycles. The molecular formula is C22H25FN2O3. The van der Waals surface area contributed by atoms with Crippen LogP contribution in [0.3, 0.4) is 0 Å². The van der Waals surface area contributed by atoms with Gasteiger partial charge in [-0.1, -0.05) is 0 Å². The summed E-state index contributed by atoms with van der Waals surface area (Å²) in [4.78, 5) is 26.0. The number of piperidine rings is 1. The van der Waals surface area contributed by atoms with Crippen molar-refractivity contribution in [2.45, 2.75) is 32.1 Å². The standard InChI is InChI=1S/C22H25FN2O3/c23-18-8-12-20(13-9-18)28-16-4-2-14-24-22(27)17-6-10-19(11-7-17)25-15-3-1-5-21(25)26/h6-13H,1-5,14-16H2,(H,24,27). The molecule has 1 saturated heterocycles. The fourth-order valence-electron chi connectivity index (χ4n) is 3.12. The van der Waals surface area contributed by atoms with Gasteiger partial charge in [-0.05, 0) is 74.2 Å². The zero-order valence-corrected chi connectivity index (χ0v) is 15.8. The Hall–Kier alpha value is -2.89. The van der Waals surface area contributed by atoms with Crippen molar-refractivity contribution in [3.8, 4) is 5.75 Å². The summed E-state index contributed by atoms with van der Waals surface area (Å²) < 4.78 is 18.3. The quantitative estimate of drug-likeness (QED) is 0.702. The fraction of sp³-hybridized carbons (Fsp3) is 0.364. The van der Waals surface area contributed by atoms with Crippen LogP contribution in [-0.2, 0) is 4.79 Å². The monoisotopic (exact) mass is 384 g/mol. The molecule has 0 radical (unpaired) electrons. The van der Waals surface area contributed by atoms with Crippen LogP contribution >= 0.6 is 0 Å². The van der Waals surface area contributed by atoms with Gasteiger partial charge in [0.1, 0.15) is 11.6 Å². The van der Waals surface area contributed by atoms with Crippen molar-refractivity contribution in [1.29, 1.82) is 0 Å². The first kappa shape index (κ1) is 19.9. The number of nitrogens with zero attached hydrogens (tertiary/aromatic N) is 1.